The van der Waals surface area contributed by atoms with E-state index in [0.29, 0.717) is 31.3 Å². The second-order valence-corrected chi connectivity index (χ2v) is 7.14. The van der Waals surface area contributed by atoms with Crippen molar-refractivity contribution in [2.24, 2.45) is 0 Å². The number of nitrogens with one attached hydrogen (secondary N) is 2. The zero-order chi connectivity index (χ0) is 22.4. The summed E-state index contributed by atoms with van der Waals surface area (Å²) < 4.78 is 17.2. The van der Waals surface area contributed by atoms with Crippen molar-refractivity contribution in [1.29, 1.82) is 0 Å². The predicted molar refractivity (Wildman–Crippen MR) is 128 cm³/mol. The Kier molecular flexibility index (Phi) is 9.27. The molecule has 3 rings (SSSR count). The van der Waals surface area contributed by atoms with Crippen LogP contribution in [0.15, 0.2) is 78.9 Å². The average molecular weight is 435 g/mol. The summed E-state index contributed by atoms with van der Waals surface area (Å²) in [6.07, 6.45) is 2.06. The number of hydrogen-bond donors (Lipinski definition) is 2. The van der Waals surface area contributed by atoms with Gasteiger partial charge in [0.2, 0.25) is 5.91 Å². The highest BCUT2D eigenvalue weighted by atomic mass is 16.5. The van der Waals surface area contributed by atoms with Crippen molar-refractivity contribution in [3.05, 3.63) is 78.9 Å². The van der Waals surface area contributed by atoms with Gasteiger partial charge in [0, 0.05) is 11.8 Å². The van der Waals surface area contributed by atoms with E-state index in [2.05, 4.69) is 17.6 Å². The predicted octanol–water partition coefficient (Wildman–Crippen LogP) is 5.37. The maximum atomic E-state index is 12.4. The Morgan fingerprint density at radius 2 is 1.50 bits per heavy atom. The minimum Gasteiger partial charge on any atom is -0.491 e. The zero-order valence-electron chi connectivity index (χ0n) is 18.4. The summed E-state index contributed by atoms with van der Waals surface area (Å²) in [5.41, 5.74) is 1.47. The van der Waals surface area contributed by atoms with Crippen LogP contribution in [0.3, 0.4) is 0 Å². The Morgan fingerprint density at radius 3 is 2.31 bits per heavy atom. The van der Waals surface area contributed by atoms with Crippen molar-refractivity contribution in [1.82, 2.24) is 0 Å². The monoisotopic (exact) mass is 434 g/mol. The fraction of sp³-hybridized carbons (Fsp3) is 0.269. The van der Waals surface area contributed by atoms with E-state index in [1.807, 2.05) is 72.8 Å². The molecule has 6 heteroatoms. The molecule has 0 atom stereocenters. The molecule has 0 bridgehead atoms. The molecule has 168 valence electrons. The second kappa shape index (κ2) is 12.9. The van der Waals surface area contributed by atoms with Gasteiger partial charge in [0.25, 0.3) is 0 Å². The Labute approximate surface area is 189 Å². The van der Waals surface area contributed by atoms with E-state index >= 15 is 0 Å². The van der Waals surface area contributed by atoms with Gasteiger partial charge >= 0.3 is 0 Å². The van der Waals surface area contributed by atoms with Gasteiger partial charge in [-0.05, 0) is 42.8 Å². The van der Waals surface area contributed by atoms with Gasteiger partial charge in [0.15, 0.2) is 0 Å². The van der Waals surface area contributed by atoms with Gasteiger partial charge in [-0.3, -0.25) is 4.79 Å². The fourth-order valence-electron chi connectivity index (χ4n) is 2.95. The van der Waals surface area contributed by atoms with Crippen LogP contribution in [0, 0.1) is 0 Å². The van der Waals surface area contributed by atoms with Crippen LogP contribution in [0.25, 0.3) is 0 Å². The molecule has 0 unspecified atom stereocenters. The molecule has 3 aromatic carbocycles. The normalized spacial score (nSPS) is 10.3. The van der Waals surface area contributed by atoms with Crippen LogP contribution in [0.2, 0.25) is 0 Å². The SMILES string of the molecule is CCCCOc1ccccc1NCC(=O)Nc1cccc(OCCOc2ccccc2)c1. The Bertz CT molecular complexity index is 963. The lowest BCUT2D eigenvalue weighted by Gasteiger charge is -2.13. The molecule has 32 heavy (non-hydrogen) atoms. The molecule has 0 radical (unpaired) electrons. The van der Waals surface area contributed by atoms with Gasteiger partial charge in [0.05, 0.1) is 18.8 Å². The van der Waals surface area contributed by atoms with Crippen LogP contribution in [0.5, 0.6) is 17.2 Å². The van der Waals surface area contributed by atoms with E-state index in [9.17, 15) is 4.79 Å². The summed E-state index contributed by atoms with van der Waals surface area (Å²) in [6.45, 7) is 3.75. The van der Waals surface area contributed by atoms with Gasteiger partial charge in [0.1, 0.15) is 30.5 Å². The number of ether oxygens (including phenoxy) is 3. The van der Waals surface area contributed by atoms with Crippen LogP contribution in [-0.2, 0) is 4.79 Å². The van der Waals surface area contributed by atoms with Crippen LogP contribution in [0.1, 0.15) is 19.8 Å². The van der Waals surface area contributed by atoms with Crippen molar-refractivity contribution in [2.45, 2.75) is 19.8 Å². The first-order chi connectivity index (χ1) is 15.7. The van der Waals surface area contributed by atoms with Crippen molar-refractivity contribution in [3.8, 4) is 17.2 Å². The molecule has 0 aliphatic rings. The van der Waals surface area contributed by atoms with Gasteiger partial charge < -0.3 is 24.8 Å². The third-order valence-corrected chi connectivity index (χ3v) is 4.56. The molecule has 2 N–H and O–H groups in total. The van der Waals surface area contributed by atoms with Crippen molar-refractivity contribution >= 4 is 17.3 Å². The molecule has 0 spiro atoms. The number of amides is 1. The maximum absolute atomic E-state index is 12.4. The lowest BCUT2D eigenvalue weighted by atomic mass is 10.2. The largest absolute Gasteiger partial charge is 0.491 e. The van der Waals surface area contributed by atoms with Crippen LogP contribution in [-0.4, -0.2) is 32.3 Å². The number of unbranched alkanes of at least 4 members (excludes halogenated alkanes) is 1. The fourth-order valence-corrected chi connectivity index (χ4v) is 2.95. The topological polar surface area (TPSA) is 68.8 Å². The number of para-hydroxylation sites is 3. The molecule has 1 amide bonds. The van der Waals surface area contributed by atoms with E-state index in [1.165, 1.54) is 0 Å². The highest BCUT2D eigenvalue weighted by Gasteiger charge is 2.07. The highest BCUT2D eigenvalue weighted by Crippen LogP contribution is 2.24. The first-order valence-electron chi connectivity index (χ1n) is 10.9. The first-order valence-corrected chi connectivity index (χ1v) is 10.9. The van der Waals surface area contributed by atoms with Crippen molar-refractivity contribution in [3.63, 3.8) is 0 Å². The number of rotatable bonds is 13. The molecule has 3 aromatic rings. The highest BCUT2D eigenvalue weighted by molar-refractivity contribution is 5.94. The molecule has 0 saturated heterocycles. The Hall–Kier alpha value is -3.67. The van der Waals surface area contributed by atoms with Gasteiger partial charge in [-0.25, -0.2) is 0 Å². The van der Waals surface area contributed by atoms with Crippen LogP contribution < -0.4 is 24.8 Å². The summed E-state index contributed by atoms with van der Waals surface area (Å²) in [5.74, 6) is 2.07. The number of hydrogen-bond acceptors (Lipinski definition) is 5. The summed E-state index contributed by atoms with van der Waals surface area (Å²) in [7, 11) is 0. The minimum atomic E-state index is -0.155. The number of benzene rings is 3. The molecule has 0 fully saturated rings. The summed E-state index contributed by atoms with van der Waals surface area (Å²) >= 11 is 0. The van der Waals surface area contributed by atoms with Crippen molar-refractivity contribution < 1.29 is 19.0 Å². The summed E-state index contributed by atoms with van der Waals surface area (Å²) in [6, 6.07) is 24.5. The number of anilines is 2. The molecule has 0 aliphatic heterocycles. The van der Waals surface area contributed by atoms with E-state index in [-0.39, 0.29) is 12.5 Å². The molecular formula is C26H30N2O4. The van der Waals surface area contributed by atoms with Gasteiger partial charge in [-0.2, -0.15) is 0 Å². The van der Waals surface area contributed by atoms with E-state index in [4.69, 9.17) is 14.2 Å². The quantitative estimate of drug-likeness (QED) is 0.354. The van der Waals surface area contributed by atoms with Gasteiger partial charge in [-0.1, -0.05) is 49.7 Å². The Balaban J connectivity index is 1.43. The second-order valence-electron chi connectivity index (χ2n) is 7.14. The lowest BCUT2D eigenvalue weighted by molar-refractivity contribution is -0.114. The van der Waals surface area contributed by atoms with Crippen LogP contribution in [0.4, 0.5) is 11.4 Å². The van der Waals surface area contributed by atoms with Gasteiger partial charge in [-0.15, -0.1) is 0 Å². The molecule has 0 saturated carbocycles. The molecule has 0 heterocycles. The summed E-state index contributed by atoms with van der Waals surface area (Å²) in [4.78, 5) is 12.4. The molecule has 0 aliphatic carbocycles. The standard InChI is InChI=1S/C26H30N2O4/c1-2-3-16-32-25-15-8-7-14-24(25)27-20-26(29)28-21-10-9-13-23(19-21)31-18-17-30-22-11-5-4-6-12-22/h4-15,19,27H,2-3,16-18,20H2,1H3,(H,28,29). The van der Waals surface area contributed by atoms with Crippen LogP contribution >= 0.6 is 0 Å². The lowest BCUT2D eigenvalue weighted by Crippen LogP contribution is -2.22. The smallest absolute Gasteiger partial charge is 0.243 e. The van der Waals surface area contributed by atoms with E-state index < -0.39 is 0 Å². The molecule has 6 nitrogen and oxygen atoms in total. The Morgan fingerprint density at radius 1 is 0.781 bits per heavy atom. The maximum Gasteiger partial charge on any atom is 0.243 e. The third-order valence-electron chi connectivity index (χ3n) is 4.56. The summed E-state index contributed by atoms with van der Waals surface area (Å²) in [5, 5.41) is 6.03. The van der Waals surface area contributed by atoms with E-state index in [0.717, 1.165) is 30.0 Å². The minimum absolute atomic E-state index is 0.129. The first kappa shape index (κ1) is 23.0. The van der Waals surface area contributed by atoms with E-state index in [1.54, 1.807) is 6.07 Å². The number of carbonyl (C=O) groups excluding carboxylic acids is 1. The number of carbonyl (C=O) groups is 1. The third kappa shape index (κ3) is 7.87. The zero-order valence-corrected chi connectivity index (χ0v) is 18.4. The average Bonchev–Trinajstić information content (AvgIpc) is 2.82. The molecule has 0 aromatic heterocycles. The van der Waals surface area contributed by atoms with Crippen molar-refractivity contribution in [2.75, 3.05) is 37.0 Å². The molecular weight excluding hydrogens is 404 g/mol.